The van der Waals surface area contributed by atoms with E-state index in [1.807, 2.05) is 18.2 Å². The van der Waals surface area contributed by atoms with E-state index in [9.17, 15) is 19.2 Å². The quantitative estimate of drug-likeness (QED) is 0.0219. The molecule has 1 aromatic rings. The normalized spacial score (nSPS) is 13.3. The van der Waals surface area contributed by atoms with Gasteiger partial charge in [0.25, 0.3) is 0 Å². The zero-order valence-corrected chi connectivity index (χ0v) is 47.4. The van der Waals surface area contributed by atoms with Crippen LogP contribution in [0.15, 0.2) is 42.5 Å². The minimum absolute atomic E-state index is 0.00593. The van der Waals surface area contributed by atoms with Crippen molar-refractivity contribution in [2.24, 2.45) is 0 Å². The Bertz CT molecular complexity index is 1590. The van der Waals surface area contributed by atoms with Gasteiger partial charge in [0.15, 0.2) is 6.29 Å². The summed E-state index contributed by atoms with van der Waals surface area (Å²) in [5, 5.41) is 2.87. The average molecular weight is 1040 g/mol. The first-order valence-electron chi connectivity index (χ1n) is 30.0. The second-order valence-electron chi connectivity index (χ2n) is 20.5. The van der Waals surface area contributed by atoms with Crippen LogP contribution in [-0.2, 0) is 62.6 Å². The van der Waals surface area contributed by atoms with Crippen molar-refractivity contribution in [1.82, 2.24) is 10.2 Å². The summed E-state index contributed by atoms with van der Waals surface area (Å²) in [7, 11) is 0. The molecule has 0 spiro atoms. The largest absolute Gasteiger partial charge is 0.461 e. The van der Waals surface area contributed by atoms with Gasteiger partial charge in [-0.05, 0) is 125 Å². The maximum atomic E-state index is 13.2. The lowest BCUT2D eigenvalue weighted by Crippen LogP contribution is -2.35. The van der Waals surface area contributed by atoms with Crippen molar-refractivity contribution >= 4 is 24.0 Å². The highest BCUT2D eigenvalue weighted by atomic mass is 16.7. The van der Waals surface area contributed by atoms with E-state index in [1.165, 1.54) is 89.9 Å². The Morgan fingerprint density at radius 3 is 1.50 bits per heavy atom. The molecule has 0 bridgehead atoms. The van der Waals surface area contributed by atoms with Gasteiger partial charge < -0.3 is 38.6 Å². The zero-order chi connectivity index (χ0) is 53.4. The third kappa shape index (κ3) is 38.8. The molecule has 1 amide bonds. The highest BCUT2D eigenvalue weighted by molar-refractivity contribution is 5.70. The van der Waals surface area contributed by atoms with E-state index < -0.39 is 24.5 Å². The summed E-state index contributed by atoms with van der Waals surface area (Å²) in [6, 6.07) is 5.58. The van der Waals surface area contributed by atoms with Crippen LogP contribution in [0, 0.1) is 0 Å². The summed E-state index contributed by atoms with van der Waals surface area (Å²) < 4.78 is 35.4. The van der Waals surface area contributed by atoms with Gasteiger partial charge >= 0.3 is 24.0 Å². The van der Waals surface area contributed by atoms with Crippen LogP contribution in [-0.4, -0.2) is 80.7 Å². The van der Waals surface area contributed by atoms with Gasteiger partial charge in [0.2, 0.25) is 0 Å². The highest BCUT2D eigenvalue weighted by Gasteiger charge is 2.19. The van der Waals surface area contributed by atoms with Crippen LogP contribution in [0.2, 0.25) is 0 Å². The molecule has 1 aliphatic heterocycles. The Balaban J connectivity index is 1.96. The first-order chi connectivity index (χ1) is 36.3. The second-order valence-corrected chi connectivity index (χ2v) is 20.5. The molecule has 12 heteroatoms. The van der Waals surface area contributed by atoms with E-state index in [-0.39, 0.29) is 44.6 Å². The summed E-state index contributed by atoms with van der Waals surface area (Å²) in [4.78, 5) is 54.2. The molecule has 1 atom stereocenters. The third-order valence-electron chi connectivity index (χ3n) is 13.6. The van der Waals surface area contributed by atoms with Crippen molar-refractivity contribution in [1.29, 1.82) is 0 Å². The van der Waals surface area contributed by atoms with Gasteiger partial charge in [-0.25, -0.2) is 4.79 Å². The number of nitrogens with zero attached hydrogens (tertiary/aromatic N) is 1. The lowest BCUT2D eigenvalue weighted by Gasteiger charge is -2.19. The third-order valence-corrected chi connectivity index (χ3v) is 13.6. The molecule has 1 N–H and O–H groups in total. The lowest BCUT2D eigenvalue weighted by atomic mass is 10.1. The van der Waals surface area contributed by atoms with Crippen LogP contribution in [0.5, 0.6) is 0 Å². The molecule has 1 fully saturated rings. The molecule has 74 heavy (non-hydrogen) atoms. The van der Waals surface area contributed by atoms with Crippen LogP contribution < -0.4 is 5.32 Å². The number of esters is 3. The number of likely N-dealkylation sites (tertiary alicyclic amines) is 1. The van der Waals surface area contributed by atoms with E-state index in [0.29, 0.717) is 62.1 Å². The lowest BCUT2D eigenvalue weighted by molar-refractivity contribution is -0.160. The Kier molecular flexibility index (Phi) is 42.8. The van der Waals surface area contributed by atoms with E-state index in [2.05, 4.69) is 62.2 Å². The average Bonchev–Trinajstić information content (AvgIpc) is 3.93. The minimum atomic E-state index is -0.465. The van der Waals surface area contributed by atoms with E-state index in [1.54, 1.807) is 0 Å². The number of carbonyl (C=O) groups excluding carboxylic acids is 4. The first-order valence-corrected chi connectivity index (χ1v) is 30.0. The smallest absolute Gasteiger partial charge is 0.407 e. The molecular formula is C62H106N2O10. The number of benzene rings is 1. The number of hydrogen-bond acceptors (Lipinski definition) is 11. The number of alkyl carbamates (subject to hydrolysis) is 1. The number of nitrogens with one attached hydrogen (secondary N) is 1. The Labute approximate surface area is 450 Å². The molecular weight excluding hydrogens is 933 g/mol. The zero-order valence-electron chi connectivity index (χ0n) is 47.4. The molecule has 1 heterocycles. The van der Waals surface area contributed by atoms with Gasteiger partial charge in [0.1, 0.15) is 25.9 Å². The number of allylic oxidation sites excluding steroid dienone is 4. The molecule has 12 nitrogen and oxygen atoms in total. The Morgan fingerprint density at radius 1 is 0.514 bits per heavy atom. The van der Waals surface area contributed by atoms with Crippen molar-refractivity contribution in [2.75, 3.05) is 39.4 Å². The molecule has 0 aliphatic carbocycles. The summed E-state index contributed by atoms with van der Waals surface area (Å²) in [5.41, 5.74) is 2.10. The summed E-state index contributed by atoms with van der Waals surface area (Å²) >= 11 is 0. The van der Waals surface area contributed by atoms with Crippen LogP contribution in [0.4, 0.5) is 4.79 Å². The van der Waals surface area contributed by atoms with Crippen LogP contribution >= 0.6 is 0 Å². The maximum absolute atomic E-state index is 13.2. The number of hydrogen-bond donors (Lipinski definition) is 1. The van der Waals surface area contributed by atoms with Gasteiger partial charge in [0, 0.05) is 45.6 Å². The number of ether oxygens (including phenoxy) is 6. The molecule has 0 saturated carbocycles. The van der Waals surface area contributed by atoms with Crippen molar-refractivity contribution in [2.45, 2.75) is 272 Å². The maximum Gasteiger partial charge on any atom is 0.407 e. The van der Waals surface area contributed by atoms with Crippen molar-refractivity contribution < 1.29 is 47.6 Å². The van der Waals surface area contributed by atoms with E-state index in [4.69, 9.17) is 28.4 Å². The molecule has 0 aromatic heterocycles. The second kappa shape index (κ2) is 47.7. The Hall–Kier alpha value is -3.74. The van der Waals surface area contributed by atoms with Crippen molar-refractivity contribution in [3.8, 4) is 0 Å². The summed E-state index contributed by atoms with van der Waals surface area (Å²) in [6.07, 6.45) is 40.3. The number of unbranched alkanes of at least 4 members (excludes halogenated alkanes) is 19. The van der Waals surface area contributed by atoms with E-state index in [0.717, 1.165) is 103 Å². The molecule has 1 saturated heterocycles. The predicted octanol–water partition coefficient (Wildman–Crippen LogP) is 15.7. The van der Waals surface area contributed by atoms with Gasteiger partial charge in [-0.1, -0.05) is 161 Å². The summed E-state index contributed by atoms with van der Waals surface area (Å²) in [6.45, 7) is 13.5. The fraction of sp³-hybridized carbons (Fsp3) is 0.774. The molecule has 1 unspecified atom stereocenters. The number of rotatable bonds is 49. The molecule has 1 aromatic carbocycles. The monoisotopic (exact) mass is 1040 g/mol. The molecule has 2 rings (SSSR count). The SMILES string of the molecule is CCCCC/C=C\C/C=C\CCCCCCCC(=O)OCc1cc(COC(=O)CCC(CCCC)OC(=O)NCCN2CCCC2)cc(COC(=O)CCC(OCCCCCCCC)OCCCCCCCC)c1. The van der Waals surface area contributed by atoms with Gasteiger partial charge in [-0.2, -0.15) is 0 Å². The van der Waals surface area contributed by atoms with Crippen molar-refractivity contribution in [3.63, 3.8) is 0 Å². The van der Waals surface area contributed by atoms with Crippen LogP contribution in [0.3, 0.4) is 0 Å². The van der Waals surface area contributed by atoms with Crippen LogP contribution in [0.25, 0.3) is 0 Å². The molecule has 424 valence electrons. The minimum Gasteiger partial charge on any atom is -0.461 e. The highest BCUT2D eigenvalue weighted by Crippen LogP contribution is 2.19. The van der Waals surface area contributed by atoms with Gasteiger partial charge in [0.05, 0.1) is 6.42 Å². The van der Waals surface area contributed by atoms with Gasteiger partial charge in [-0.15, -0.1) is 0 Å². The number of carbonyl (C=O) groups is 4. The Morgan fingerprint density at radius 2 is 0.959 bits per heavy atom. The van der Waals surface area contributed by atoms with E-state index >= 15 is 0 Å². The topological polar surface area (TPSA) is 139 Å². The number of amides is 1. The molecule has 0 radical (unpaired) electrons. The fourth-order valence-corrected chi connectivity index (χ4v) is 9.01. The predicted molar refractivity (Wildman–Crippen MR) is 300 cm³/mol. The summed E-state index contributed by atoms with van der Waals surface area (Å²) in [5.74, 6) is -1.02. The van der Waals surface area contributed by atoms with Crippen LogP contribution in [0.1, 0.15) is 256 Å². The van der Waals surface area contributed by atoms with Crippen molar-refractivity contribution in [3.05, 3.63) is 59.2 Å². The standard InChI is InChI=1S/C62H106N2O10/c1-5-9-13-16-19-20-21-22-23-24-25-26-27-28-31-37-58(65)71-51-54-48-55(52-72-59(66)39-38-57(36-12-8-4)74-62(68)63-42-45-64-43-32-33-44-64)50-56(49-54)53-73-60(67)40-41-61(69-46-34-29-17-14-10-6-2)70-47-35-30-18-15-11-7-3/h19-20,22-23,48-50,57,61H,5-18,21,24-47,51-53H2,1-4H3,(H,63,68)/b20-19-,23-22-. The first kappa shape index (κ1) is 66.4. The van der Waals surface area contributed by atoms with Gasteiger partial charge in [-0.3, -0.25) is 14.4 Å². The fourth-order valence-electron chi connectivity index (χ4n) is 9.01. The molecule has 1 aliphatic rings.